The molecule has 0 radical (unpaired) electrons. The molecule has 10 heteroatoms. The quantitative estimate of drug-likeness (QED) is 0.582. The smallest absolute Gasteiger partial charge is 0.335 e. The minimum Gasteiger partial charge on any atom is -0.478 e. The molecule has 0 aliphatic carbocycles. The van der Waals surface area contributed by atoms with Crippen LogP contribution in [0.15, 0.2) is 64.2 Å². The van der Waals surface area contributed by atoms with E-state index in [2.05, 4.69) is 9.62 Å². The van der Waals surface area contributed by atoms with E-state index in [-0.39, 0.29) is 21.3 Å². The van der Waals surface area contributed by atoms with Crippen molar-refractivity contribution in [3.63, 3.8) is 0 Å². The summed E-state index contributed by atoms with van der Waals surface area (Å²) in [6.07, 6.45) is 0. The third-order valence-electron chi connectivity index (χ3n) is 5.06. The van der Waals surface area contributed by atoms with Crippen LogP contribution >= 0.6 is 11.3 Å². The summed E-state index contributed by atoms with van der Waals surface area (Å²) in [5, 5.41) is 11.0. The fraction of sp³-hybridized carbons (Fsp3) is 0.190. The van der Waals surface area contributed by atoms with E-state index in [0.717, 1.165) is 17.0 Å². The molecule has 1 aromatic heterocycles. The van der Waals surface area contributed by atoms with E-state index in [1.807, 2.05) is 4.90 Å². The molecule has 1 fully saturated rings. The third-order valence-corrected chi connectivity index (χ3v) is 7.82. The van der Waals surface area contributed by atoms with Crippen molar-refractivity contribution in [2.45, 2.75) is 4.21 Å². The van der Waals surface area contributed by atoms with Gasteiger partial charge in [-0.05, 0) is 53.9 Å². The first-order valence-corrected chi connectivity index (χ1v) is 11.9. The van der Waals surface area contributed by atoms with Gasteiger partial charge in [-0.25, -0.2) is 17.6 Å². The first kappa shape index (κ1) is 21.1. The molecule has 2 aromatic carbocycles. The zero-order chi connectivity index (χ0) is 22.0. The molecule has 0 atom stereocenters. The van der Waals surface area contributed by atoms with Crippen molar-refractivity contribution in [1.29, 1.82) is 0 Å². The van der Waals surface area contributed by atoms with Crippen LogP contribution in [-0.4, -0.2) is 45.7 Å². The summed E-state index contributed by atoms with van der Waals surface area (Å²) in [7, 11) is -3.83. The molecule has 0 bridgehead atoms. The number of sulfonamides is 1. The van der Waals surface area contributed by atoms with Crippen molar-refractivity contribution in [2.24, 2.45) is 0 Å². The van der Waals surface area contributed by atoms with Crippen LogP contribution in [0.3, 0.4) is 0 Å². The van der Waals surface area contributed by atoms with Gasteiger partial charge in [-0.2, -0.15) is 0 Å². The van der Waals surface area contributed by atoms with Crippen LogP contribution in [0.1, 0.15) is 10.4 Å². The molecule has 1 saturated heterocycles. The van der Waals surface area contributed by atoms with Crippen molar-refractivity contribution in [1.82, 2.24) is 0 Å². The Morgan fingerprint density at radius 2 is 1.68 bits per heavy atom. The molecule has 2 heterocycles. The van der Waals surface area contributed by atoms with Crippen molar-refractivity contribution < 1.29 is 22.7 Å². The first-order chi connectivity index (χ1) is 14.8. The Labute approximate surface area is 183 Å². The maximum atomic E-state index is 13.2. The second-order valence-electron chi connectivity index (χ2n) is 7.03. The monoisotopic (exact) mass is 461 g/mol. The number of aromatic carboxylic acids is 1. The summed E-state index contributed by atoms with van der Waals surface area (Å²) in [5.74, 6) is -1.42. The number of carboxylic acid groups (broad SMARTS) is 1. The predicted molar refractivity (Wildman–Crippen MR) is 119 cm³/mol. The summed E-state index contributed by atoms with van der Waals surface area (Å²) in [4.78, 5) is 15.6. The largest absolute Gasteiger partial charge is 0.478 e. The van der Waals surface area contributed by atoms with Gasteiger partial charge in [0.1, 0.15) is 10.0 Å². The second-order valence-corrected chi connectivity index (χ2v) is 9.88. The van der Waals surface area contributed by atoms with E-state index in [1.165, 1.54) is 30.3 Å². The Balaban J connectivity index is 1.58. The molecule has 1 aliphatic rings. The molecule has 3 aromatic rings. The van der Waals surface area contributed by atoms with E-state index in [4.69, 9.17) is 0 Å². The fourth-order valence-electron chi connectivity index (χ4n) is 3.50. The molecule has 4 rings (SSSR count). The van der Waals surface area contributed by atoms with Crippen LogP contribution in [0.2, 0.25) is 0 Å². The zero-order valence-electron chi connectivity index (χ0n) is 16.4. The number of rotatable bonds is 6. The minimum atomic E-state index is -3.83. The highest BCUT2D eigenvalue weighted by atomic mass is 32.2. The van der Waals surface area contributed by atoms with Crippen LogP contribution in [0.5, 0.6) is 0 Å². The predicted octanol–water partition coefficient (Wildman–Crippen LogP) is 3.71. The van der Waals surface area contributed by atoms with E-state index >= 15 is 0 Å². The highest BCUT2D eigenvalue weighted by Crippen LogP contribution is 2.32. The van der Waals surface area contributed by atoms with Gasteiger partial charge in [-0.15, -0.1) is 11.3 Å². The topological polar surface area (TPSA) is 89.9 Å². The number of nitrogens with one attached hydrogen (secondary N) is 1. The highest BCUT2D eigenvalue weighted by molar-refractivity contribution is 7.94. The Bertz CT molecular complexity index is 1170. The van der Waals surface area contributed by atoms with Gasteiger partial charge in [0.2, 0.25) is 0 Å². The number of nitrogens with zero attached hydrogens (tertiary/aromatic N) is 2. The number of thiophene rings is 1. The number of anilines is 3. The summed E-state index contributed by atoms with van der Waals surface area (Å²) < 4.78 is 41.4. The lowest BCUT2D eigenvalue weighted by Crippen LogP contribution is -2.46. The number of benzene rings is 2. The molecule has 0 amide bonds. The van der Waals surface area contributed by atoms with Gasteiger partial charge in [0.25, 0.3) is 10.0 Å². The maximum Gasteiger partial charge on any atom is 0.335 e. The Kier molecular flexibility index (Phi) is 5.84. The Morgan fingerprint density at radius 3 is 2.29 bits per heavy atom. The summed E-state index contributed by atoms with van der Waals surface area (Å²) >= 11 is 1.09. The molecule has 0 unspecified atom stereocenters. The molecule has 1 aliphatic heterocycles. The number of hydrogen-bond donors (Lipinski definition) is 2. The van der Waals surface area contributed by atoms with Gasteiger partial charge in [-0.3, -0.25) is 4.72 Å². The van der Waals surface area contributed by atoms with Crippen molar-refractivity contribution in [3.8, 4) is 0 Å². The maximum absolute atomic E-state index is 13.2. The SMILES string of the molecule is O=C(O)c1ccc(N2CCN(c3ccc(F)cc3)CC2)c(NS(=O)(=O)c2cccs2)c1. The third kappa shape index (κ3) is 4.64. The van der Waals surface area contributed by atoms with E-state index in [0.29, 0.717) is 31.9 Å². The van der Waals surface area contributed by atoms with Crippen LogP contribution in [0.4, 0.5) is 21.5 Å². The molecule has 0 saturated carbocycles. The van der Waals surface area contributed by atoms with Gasteiger partial charge in [-0.1, -0.05) is 6.07 Å². The van der Waals surface area contributed by atoms with Crippen molar-refractivity contribution in [2.75, 3.05) is 40.7 Å². The Morgan fingerprint density at radius 1 is 1.00 bits per heavy atom. The van der Waals surface area contributed by atoms with Gasteiger partial charge >= 0.3 is 5.97 Å². The molecule has 0 spiro atoms. The molecule has 31 heavy (non-hydrogen) atoms. The van der Waals surface area contributed by atoms with Crippen LogP contribution in [0, 0.1) is 5.82 Å². The molecule has 2 N–H and O–H groups in total. The van der Waals surface area contributed by atoms with E-state index in [1.54, 1.807) is 29.6 Å². The highest BCUT2D eigenvalue weighted by Gasteiger charge is 2.24. The average molecular weight is 462 g/mol. The second kappa shape index (κ2) is 8.56. The molecule has 162 valence electrons. The van der Waals surface area contributed by atoms with Gasteiger partial charge in [0.05, 0.1) is 16.9 Å². The normalized spacial score (nSPS) is 14.5. The number of carbonyl (C=O) groups is 1. The minimum absolute atomic E-state index is 0.00224. The lowest BCUT2D eigenvalue weighted by molar-refractivity contribution is 0.0697. The number of hydrogen-bond acceptors (Lipinski definition) is 6. The van der Waals surface area contributed by atoms with E-state index < -0.39 is 16.0 Å². The standard InChI is InChI=1S/C21H20FN3O4S2/c22-16-4-6-17(7-5-16)24-9-11-25(12-10-24)19-8-3-15(21(26)27)14-18(19)23-31(28,29)20-2-1-13-30-20/h1-8,13-14,23H,9-12H2,(H,26,27). The van der Waals surface area contributed by atoms with Crippen LogP contribution in [-0.2, 0) is 10.0 Å². The summed E-state index contributed by atoms with van der Waals surface area (Å²) in [6, 6.07) is 13.9. The molecule has 7 nitrogen and oxygen atoms in total. The van der Waals surface area contributed by atoms with Crippen molar-refractivity contribution >= 4 is 44.4 Å². The first-order valence-electron chi connectivity index (χ1n) is 9.52. The summed E-state index contributed by atoms with van der Waals surface area (Å²) in [6.45, 7) is 2.50. The lowest BCUT2D eigenvalue weighted by atomic mass is 10.1. The van der Waals surface area contributed by atoms with Crippen molar-refractivity contribution in [3.05, 3.63) is 71.4 Å². The molecular weight excluding hydrogens is 441 g/mol. The molecular formula is C21H20FN3O4S2. The average Bonchev–Trinajstić information content (AvgIpc) is 3.30. The lowest BCUT2D eigenvalue weighted by Gasteiger charge is -2.38. The van der Waals surface area contributed by atoms with Gasteiger partial charge in [0, 0.05) is 31.9 Å². The number of halogens is 1. The number of carboxylic acids is 1. The Hall–Kier alpha value is -3.11. The van der Waals surface area contributed by atoms with Crippen LogP contribution < -0.4 is 14.5 Å². The van der Waals surface area contributed by atoms with Crippen LogP contribution in [0.25, 0.3) is 0 Å². The van der Waals surface area contributed by atoms with E-state index in [9.17, 15) is 22.7 Å². The van der Waals surface area contributed by atoms with Gasteiger partial charge in [0.15, 0.2) is 0 Å². The number of piperazine rings is 1. The zero-order valence-corrected chi connectivity index (χ0v) is 18.0. The van der Waals surface area contributed by atoms with Gasteiger partial charge < -0.3 is 14.9 Å². The summed E-state index contributed by atoms with van der Waals surface area (Å²) in [5.41, 5.74) is 1.76. The fourth-order valence-corrected chi connectivity index (χ4v) is 5.55.